The third-order valence-electron chi connectivity index (χ3n) is 1.65. The van der Waals surface area contributed by atoms with Crippen molar-refractivity contribution in [2.45, 2.75) is 32.6 Å². The highest BCUT2D eigenvalue weighted by atomic mass is 16.3. The molecule has 1 aromatic heterocycles. The highest BCUT2D eigenvalue weighted by Crippen LogP contribution is 2.20. The van der Waals surface area contributed by atoms with Gasteiger partial charge in [-0.3, -0.25) is 0 Å². The summed E-state index contributed by atoms with van der Waals surface area (Å²) in [6, 6.07) is 0. The monoisotopic (exact) mass is 169 g/mol. The van der Waals surface area contributed by atoms with Gasteiger partial charge in [-0.2, -0.15) is 0 Å². The van der Waals surface area contributed by atoms with Crippen molar-refractivity contribution in [1.82, 2.24) is 4.98 Å². The van der Waals surface area contributed by atoms with E-state index in [-0.39, 0.29) is 12.0 Å². The predicted octanol–water partition coefficient (Wildman–Crippen LogP) is 1.51. The Labute approximate surface area is 72.4 Å². The van der Waals surface area contributed by atoms with Gasteiger partial charge in [-0.05, 0) is 0 Å². The van der Waals surface area contributed by atoms with Crippen LogP contribution >= 0.6 is 0 Å². The standard InChI is InChI=1S/C9H15NO2/c1-9(2,3)7-6-12-8(10-7)4-5-11/h6,11H,4-5H2,1-3H3. The number of aliphatic hydroxyl groups is 1. The fourth-order valence-corrected chi connectivity index (χ4v) is 0.866. The van der Waals surface area contributed by atoms with E-state index in [0.29, 0.717) is 12.3 Å². The first-order valence-electron chi connectivity index (χ1n) is 4.10. The van der Waals surface area contributed by atoms with Gasteiger partial charge in [0.15, 0.2) is 5.89 Å². The zero-order chi connectivity index (χ0) is 9.19. The van der Waals surface area contributed by atoms with Gasteiger partial charge >= 0.3 is 0 Å². The Morgan fingerprint density at radius 2 is 2.17 bits per heavy atom. The molecule has 0 saturated carbocycles. The van der Waals surface area contributed by atoms with Crippen LogP contribution in [-0.2, 0) is 11.8 Å². The molecule has 0 unspecified atom stereocenters. The minimum Gasteiger partial charge on any atom is -0.449 e. The number of hydrogen-bond donors (Lipinski definition) is 1. The van der Waals surface area contributed by atoms with Crippen LogP contribution in [0.15, 0.2) is 10.7 Å². The molecule has 3 heteroatoms. The molecule has 1 rings (SSSR count). The van der Waals surface area contributed by atoms with Crippen LogP contribution in [0.4, 0.5) is 0 Å². The third kappa shape index (κ3) is 2.08. The lowest BCUT2D eigenvalue weighted by Gasteiger charge is -2.12. The van der Waals surface area contributed by atoms with Gasteiger partial charge in [0.2, 0.25) is 0 Å². The van der Waals surface area contributed by atoms with Crippen LogP contribution in [0.3, 0.4) is 0 Å². The Bertz CT molecular complexity index is 247. The van der Waals surface area contributed by atoms with E-state index in [1.807, 2.05) is 0 Å². The summed E-state index contributed by atoms with van der Waals surface area (Å²) in [5.41, 5.74) is 0.961. The highest BCUT2D eigenvalue weighted by molar-refractivity contribution is 5.08. The Kier molecular flexibility index (Phi) is 2.52. The summed E-state index contributed by atoms with van der Waals surface area (Å²) in [6.07, 6.45) is 2.15. The lowest BCUT2D eigenvalue weighted by molar-refractivity contribution is 0.285. The first-order chi connectivity index (χ1) is 5.54. The van der Waals surface area contributed by atoms with E-state index in [0.717, 1.165) is 5.69 Å². The van der Waals surface area contributed by atoms with E-state index in [1.54, 1.807) is 6.26 Å². The summed E-state index contributed by atoms with van der Waals surface area (Å²) in [4.78, 5) is 4.24. The van der Waals surface area contributed by atoms with E-state index >= 15 is 0 Å². The van der Waals surface area contributed by atoms with Crippen LogP contribution in [0.1, 0.15) is 32.4 Å². The number of nitrogens with zero attached hydrogens (tertiary/aromatic N) is 1. The summed E-state index contributed by atoms with van der Waals surface area (Å²) in [6.45, 7) is 6.32. The van der Waals surface area contributed by atoms with Crippen LogP contribution in [-0.4, -0.2) is 16.7 Å². The van der Waals surface area contributed by atoms with Crippen molar-refractivity contribution in [2.24, 2.45) is 0 Å². The molecule has 1 heterocycles. The lowest BCUT2D eigenvalue weighted by Crippen LogP contribution is -2.11. The van der Waals surface area contributed by atoms with Gasteiger partial charge in [-0.25, -0.2) is 4.98 Å². The van der Waals surface area contributed by atoms with Gasteiger partial charge in [-0.1, -0.05) is 20.8 Å². The van der Waals surface area contributed by atoms with Gasteiger partial charge in [0, 0.05) is 11.8 Å². The molecule has 0 spiro atoms. The first kappa shape index (κ1) is 9.26. The average molecular weight is 169 g/mol. The van der Waals surface area contributed by atoms with E-state index in [1.165, 1.54) is 0 Å². The van der Waals surface area contributed by atoms with Crippen molar-refractivity contribution in [1.29, 1.82) is 0 Å². The molecular weight excluding hydrogens is 154 g/mol. The Morgan fingerprint density at radius 3 is 2.58 bits per heavy atom. The minimum atomic E-state index is 0.0250. The predicted molar refractivity (Wildman–Crippen MR) is 46.0 cm³/mol. The average Bonchev–Trinajstić information content (AvgIpc) is 2.35. The second-order valence-corrected chi connectivity index (χ2v) is 3.85. The first-order valence-corrected chi connectivity index (χ1v) is 4.10. The molecular formula is C9H15NO2. The van der Waals surface area contributed by atoms with Gasteiger partial charge in [0.05, 0.1) is 12.3 Å². The molecule has 0 amide bonds. The molecule has 0 saturated heterocycles. The van der Waals surface area contributed by atoms with Crippen LogP contribution in [0.25, 0.3) is 0 Å². The maximum Gasteiger partial charge on any atom is 0.196 e. The van der Waals surface area contributed by atoms with E-state index in [9.17, 15) is 0 Å². The molecule has 0 aromatic carbocycles. The molecule has 0 atom stereocenters. The molecule has 0 fully saturated rings. The maximum absolute atomic E-state index is 8.63. The van der Waals surface area contributed by atoms with Crippen molar-refractivity contribution in [3.63, 3.8) is 0 Å². The minimum absolute atomic E-state index is 0.0250. The van der Waals surface area contributed by atoms with E-state index in [4.69, 9.17) is 9.52 Å². The normalized spacial score (nSPS) is 12.0. The fraction of sp³-hybridized carbons (Fsp3) is 0.667. The van der Waals surface area contributed by atoms with Gasteiger partial charge in [0.25, 0.3) is 0 Å². The quantitative estimate of drug-likeness (QED) is 0.729. The smallest absolute Gasteiger partial charge is 0.196 e. The van der Waals surface area contributed by atoms with Crippen LogP contribution < -0.4 is 0 Å². The largest absolute Gasteiger partial charge is 0.449 e. The number of hydrogen-bond acceptors (Lipinski definition) is 3. The molecule has 1 aromatic rings. The molecule has 0 aliphatic carbocycles. The zero-order valence-electron chi connectivity index (χ0n) is 7.79. The summed E-state index contributed by atoms with van der Waals surface area (Å²) in [7, 11) is 0. The molecule has 0 bridgehead atoms. The SMILES string of the molecule is CC(C)(C)c1coc(CCO)n1. The van der Waals surface area contributed by atoms with Crippen LogP contribution in [0, 0.1) is 0 Å². The fourth-order valence-electron chi connectivity index (χ4n) is 0.866. The van der Waals surface area contributed by atoms with E-state index < -0.39 is 0 Å². The second kappa shape index (κ2) is 3.27. The molecule has 0 aliphatic heterocycles. The van der Waals surface area contributed by atoms with Crippen molar-refractivity contribution >= 4 is 0 Å². The zero-order valence-corrected chi connectivity index (χ0v) is 7.79. The Balaban J connectivity index is 2.77. The third-order valence-corrected chi connectivity index (χ3v) is 1.65. The van der Waals surface area contributed by atoms with Crippen molar-refractivity contribution in [2.75, 3.05) is 6.61 Å². The Hall–Kier alpha value is -0.830. The van der Waals surface area contributed by atoms with Crippen LogP contribution in [0.2, 0.25) is 0 Å². The number of aliphatic hydroxyl groups excluding tert-OH is 1. The number of aromatic nitrogens is 1. The topological polar surface area (TPSA) is 46.3 Å². The molecule has 1 N–H and O–H groups in total. The summed E-state index contributed by atoms with van der Waals surface area (Å²) < 4.78 is 5.16. The van der Waals surface area contributed by atoms with Crippen molar-refractivity contribution < 1.29 is 9.52 Å². The lowest BCUT2D eigenvalue weighted by atomic mass is 9.93. The van der Waals surface area contributed by atoms with Crippen LogP contribution in [0.5, 0.6) is 0 Å². The van der Waals surface area contributed by atoms with Crippen molar-refractivity contribution in [3.8, 4) is 0 Å². The summed E-state index contributed by atoms with van der Waals surface area (Å²) >= 11 is 0. The molecule has 0 aliphatic rings. The molecule has 12 heavy (non-hydrogen) atoms. The molecule has 68 valence electrons. The van der Waals surface area contributed by atoms with Crippen molar-refractivity contribution in [3.05, 3.63) is 17.8 Å². The van der Waals surface area contributed by atoms with E-state index in [2.05, 4.69) is 25.8 Å². The molecule has 0 radical (unpaired) electrons. The molecule has 3 nitrogen and oxygen atoms in total. The Morgan fingerprint density at radius 1 is 1.50 bits per heavy atom. The van der Waals surface area contributed by atoms with Gasteiger partial charge < -0.3 is 9.52 Å². The summed E-state index contributed by atoms with van der Waals surface area (Å²) in [5.74, 6) is 0.613. The maximum atomic E-state index is 8.63. The number of rotatable bonds is 2. The second-order valence-electron chi connectivity index (χ2n) is 3.85. The van der Waals surface area contributed by atoms with Gasteiger partial charge in [0.1, 0.15) is 6.26 Å². The van der Waals surface area contributed by atoms with Gasteiger partial charge in [-0.15, -0.1) is 0 Å². The summed E-state index contributed by atoms with van der Waals surface area (Å²) in [5, 5.41) is 8.63. The number of oxazole rings is 1. The highest BCUT2D eigenvalue weighted by Gasteiger charge is 2.18.